The van der Waals surface area contributed by atoms with Gasteiger partial charge in [-0.2, -0.15) is 8.78 Å². The quantitative estimate of drug-likeness (QED) is 0.546. The first-order valence-electron chi connectivity index (χ1n) is 11.0. The number of carbonyl (C=O) groups excluding carboxylic acids is 2. The molecule has 3 aromatic rings. The van der Waals surface area contributed by atoms with Gasteiger partial charge in [-0.05, 0) is 48.7 Å². The first-order chi connectivity index (χ1) is 16.4. The second-order valence-corrected chi connectivity index (χ2v) is 8.93. The number of hydrogen-bond donors (Lipinski definition) is 1. The molecule has 1 saturated carbocycles. The van der Waals surface area contributed by atoms with Gasteiger partial charge in [-0.1, -0.05) is 36.6 Å². The normalized spacial score (nSPS) is 20.0. The molecule has 0 saturated heterocycles. The van der Waals surface area contributed by atoms with E-state index >= 15 is 0 Å². The number of rotatable bonds is 5. The Bertz CT molecular complexity index is 1250. The fourth-order valence-electron chi connectivity index (χ4n) is 4.70. The zero-order valence-corrected chi connectivity index (χ0v) is 18.8. The molecule has 1 fully saturated rings. The Morgan fingerprint density at radius 3 is 2.74 bits per heavy atom. The maximum absolute atomic E-state index is 13.3. The van der Waals surface area contributed by atoms with Gasteiger partial charge in [0.15, 0.2) is 0 Å². The number of fused-ring (bicyclic) bond motifs is 1. The fraction of sp³-hybridized carbons (Fsp3) is 0.333. The van der Waals surface area contributed by atoms with E-state index in [2.05, 4.69) is 15.5 Å². The van der Waals surface area contributed by atoms with E-state index in [-0.39, 0.29) is 29.8 Å². The van der Waals surface area contributed by atoms with Crippen LogP contribution in [0.2, 0.25) is 5.02 Å². The maximum atomic E-state index is 13.3. The van der Waals surface area contributed by atoms with Gasteiger partial charge < -0.3 is 14.6 Å². The molecule has 1 aromatic heterocycles. The monoisotopic (exact) mass is 486 g/mol. The number of halogens is 3. The summed E-state index contributed by atoms with van der Waals surface area (Å²) in [5.74, 6) is -1.21. The lowest BCUT2D eigenvalue weighted by Crippen LogP contribution is -2.53. The third-order valence-electron chi connectivity index (χ3n) is 6.35. The molecule has 2 aliphatic rings. The summed E-state index contributed by atoms with van der Waals surface area (Å²) in [6.07, 6.45) is 0.589. The Morgan fingerprint density at radius 2 is 1.97 bits per heavy atom. The summed E-state index contributed by atoms with van der Waals surface area (Å²) in [5, 5.41) is 10.6. The first kappa shape index (κ1) is 22.5. The van der Waals surface area contributed by atoms with Gasteiger partial charge in [0.05, 0.1) is 6.04 Å². The van der Waals surface area contributed by atoms with E-state index in [1.165, 1.54) is 0 Å². The Morgan fingerprint density at radius 1 is 1.15 bits per heavy atom. The summed E-state index contributed by atoms with van der Waals surface area (Å²) in [4.78, 5) is 28.0. The lowest BCUT2D eigenvalue weighted by atomic mass is 9.89. The van der Waals surface area contributed by atoms with E-state index in [4.69, 9.17) is 16.0 Å². The number of hydrogen-bond acceptors (Lipinski definition) is 5. The lowest BCUT2D eigenvalue weighted by Gasteiger charge is -2.38. The minimum absolute atomic E-state index is 0.0614. The van der Waals surface area contributed by atoms with Gasteiger partial charge in [0.1, 0.15) is 0 Å². The molecule has 0 radical (unpaired) electrons. The summed E-state index contributed by atoms with van der Waals surface area (Å²) < 4.78 is 30.6. The number of aromatic nitrogens is 2. The van der Waals surface area contributed by atoms with Crippen LogP contribution in [0.15, 0.2) is 46.9 Å². The van der Waals surface area contributed by atoms with Crippen LogP contribution in [0.25, 0.3) is 11.5 Å². The highest BCUT2D eigenvalue weighted by Gasteiger charge is 2.39. The third kappa shape index (κ3) is 4.27. The SMILES string of the molecule is O=C(N[C@@H]1CCCC[C@H]1N1Cc2ccc(-c3nnc(C(F)F)o3)cc2C1=O)c1cccc(Cl)c1. The van der Waals surface area contributed by atoms with Crippen molar-refractivity contribution >= 4 is 23.4 Å². The summed E-state index contributed by atoms with van der Waals surface area (Å²) in [6, 6.07) is 11.5. The van der Waals surface area contributed by atoms with Gasteiger partial charge >= 0.3 is 6.43 Å². The summed E-state index contributed by atoms with van der Waals surface area (Å²) >= 11 is 6.02. The van der Waals surface area contributed by atoms with Gasteiger partial charge in [-0.25, -0.2) is 0 Å². The van der Waals surface area contributed by atoms with Crippen LogP contribution in [-0.2, 0) is 6.54 Å². The minimum Gasteiger partial charge on any atom is -0.415 e. The molecule has 5 rings (SSSR count). The third-order valence-corrected chi connectivity index (χ3v) is 6.58. The van der Waals surface area contributed by atoms with Crippen LogP contribution >= 0.6 is 11.6 Å². The Labute approximate surface area is 199 Å². The highest BCUT2D eigenvalue weighted by Crippen LogP contribution is 2.34. The average Bonchev–Trinajstić information content (AvgIpc) is 3.45. The predicted molar refractivity (Wildman–Crippen MR) is 120 cm³/mol. The number of benzene rings is 2. The minimum atomic E-state index is -2.86. The van der Waals surface area contributed by atoms with E-state index in [0.717, 1.165) is 31.2 Å². The number of carbonyl (C=O) groups is 2. The van der Waals surface area contributed by atoms with Crippen molar-refractivity contribution in [3.8, 4) is 11.5 Å². The van der Waals surface area contributed by atoms with Gasteiger partial charge in [0.25, 0.3) is 17.7 Å². The number of alkyl halides is 2. The number of nitrogens with one attached hydrogen (secondary N) is 1. The number of nitrogens with zero attached hydrogens (tertiary/aromatic N) is 3. The maximum Gasteiger partial charge on any atom is 0.314 e. The van der Waals surface area contributed by atoms with Crippen LogP contribution in [0.5, 0.6) is 0 Å². The van der Waals surface area contributed by atoms with Crippen molar-refractivity contribution in [2.45, 2.75) is 50.7 Å². The molecule has 10 heteroatoms. The average molecular weight is 487 g/mol. The molecule has 2 atom stereocenters. The van der Waals surface area contributed by atoms with E-state index in [1.54, 1.807) is 47.4 Å². The van der Waals surface area contributed by atoms with Crippen molar-refractivity contribution < 1.29 is 22.8 Å². The van der Waals surface area contributed by atoms with Gasteiger partial charge in [-0.3, -0.25) is 9.59 Å². The van der Waals surface area contributed by atoms with Crippen molar-refractivity contribution in [1.82, 2.24) is 20.4 Å². The predicted octanol–water partition coefficient (Wildman–Crippen LogP) is 5.02. The zero-order valence-electron chi connectivity index (χ0n) is 18.0. The van der Waals surface area contributed by atoms with Crippen molar-refractivity contribution in [1.29, 1.82) is 0 Å². The highest BCUT2D eigenvalue weighted by molar-refractivity contribution is 6.30. The van der Waals surface area contributed by atoms with E-state index in [1.807, 2.05) is 0 Å². The number of amides is 2. The van der Waals surface area contributed by atoms with Crippen LogP contribution in [0.3, 0.4) is 0 Å². The Hall–Kier alpha value is -3.33. The van der Waals surface area contributed by atoms with Crippen LogP contribution in [0.4, 0.5) is 8.78 Å². The molecule has 34 heavy (non-hydrogen) atoms. The second-order valence-electron chi connectivity index (χ2n) is 8.49. The topological polar surface area (TPSA) is 88.3 Å². The van der Waals surface area contributed by atoms with E-state index < -0.39 is 12.3 Å². The summed E-state index contributed by atoms with van der Waals surface area (Å²) in [6.45, 7) is 0.411. The van der Waals surface area contributed by atoms with Gasteiger partial charge in [-0.15, -0.1) is 10.2 Å². The van der Waals surface area contributed by atoms with Crippen LogP contribution in [0, 0.1) is 0 Å². The summed E-state index contributed by atoms with van der Waals surface area (Å²) in [7, 11) is 0. The Kier molecular flexibility index (Phi) is 6.03. The molecule has 176 valence electrons. The molecule has 2 amide bonds. The highest BCUT2D eigenvalue weighted by atomic mass is 35.5. The van der Waals surface area contributed by atoms with Crippen LogP contribution in [-0.4, -0.2) is 39.0 Å². The molecular formula is C24H21ClF2N4O3. The van der Waals surface area contributed by atoms with Crippen molar-refractivity contribution in [2.24, 2.45) is 0 Å². The van der Waals surface area contributed by atoms with Crippen molar-refractivity contribution in [3.05, 3.63) is 70.1 Å². The fourth-order valence-corrected chi connectivity index (χ4v) is 4.89. The molecule has 0 unspecified atom stereocenters. The molecule has 1 aliphatic heterocycles. The van der Waals surface area contributed by atoms with Crippen molar-refractivity contribution in [2.75, 3.05) is 0 Å². The molecule has 0 bridgehead atoms. The second kappa shape index (κ2) is 9.13. The smallest absolute Gasteiger partial charge is 0.314 e. The van der Waals surface area contributed by atoms with Crippen molar-refractivity contribution in [3.63, 3.8) is 0 Å². The largest absolute Gasteiger partial charge is 0.415 e. The zero-order chi connectivity index (χ0) is 23.8. The molecule has 1 aliphatic carbocycles. The lowest BCUT2D eigenvalue weighted by molar-refractivity contribution is 0.0582. The molecule has 2 aromatic carbocycles. The van der Waals surface area contributed by atoms with Crippen LogP contribution < -0.4 is 5.32 Å². The molecule has 0 spiro atoms. The van der Waals surface area contributed by atoms with Crippen LogP contribution in [0.1, 0.15) is 64.3 Å². The summed E-state index contributed by atoms with van der Waals surface area (Å²) in [5.41, 5.74) is 2.18. The Balaban J connectivity index is 1.35. The molecule has 2 heterocycles. The first-order valence-corrected chi connectivity index (χ1v) is 11.4. The van der Waals surface area contributed by atoms with Gasteiger partial charge in [0.2, 0.25) is 5.89 Å². The standard InChI is InChI=1S/C24H21ClF2N4O3/c25-16-5-3-4-13(10-16)21(32)28-18-6-1-2-7-19(18)31-12-15-9-8-14(11-17(15)24(31)33)22-29-30-23(34-22)20(26)27/h3-5,8-11,18-20H,1-2,6-7,12H2,(H,28,32)/t18-,19-/m1/s1. The molecule has 1 N–H and O–H groups in total. The molecule has 7 nitrogen and oxygen atoms in total. The van der Waals surface area contributed by atoms with Gasteiger partial charge in [0, 0.05) is 34.3 Å². The van der Waals surface area contributed by atoms with E-state index in [0.29, 0.717) is 28.3 Å². The van der Waals surface area contributed by atoms with E-state index in [9.17, 15) is 18.4 Å². The molecular weight excluding hydrogens is 466 g/mol.